The van der Waals surface area contributed by atoms with Crippen LogP contribution in [0.1, 0.15) is 26.2 Å². The Hall–Kier alpha value is -1.24. The fourth-order valence-electron chi connectivity index (χ4n) is 2.12. The van der Waals surface area contributed by atoms with Crippen LogP contribution in [0.5, 0.6) is 0 Å². The number of carbonyl (C=O) groups is 3. The summed E-state index contributed by atoms with van der Waals surface area (Å²) < 4.78 is 0. The molecule has 0 saturated carbocycles. The minimum atomic E-state index is -0.854. The van der Waals surface area contributed by atoms with E-state index in [0.717, 1.165) is 0 Å². The zero-order valence-electron chi connectivity index (χ0n) is 11.1. The van der Waals surface area contributed by atoms with Crippen molar-refractivity contribution >= 4 is 29.5 Å². The van der Waals surface area contributed by atoms with Crippen molar-refractivity contribution in [1.29, 1.82) is 0 Å². The third-order valence-electron chi connectivity index (χ3n) is 3.27. The first-order valence-corrected chi connectivity index (χ1v) is 7.38. The van der Waals surface area contributed by atoms with Crippen LogP contribution in [-0.4, -0.2) is 52.4 Å². The highest BCUT2D eigenvalue weighted by Gasteiger charge is 2.39. The van der Waals surface area contributed by atoms with Crippen LogP contribution in [-0.2, 0) is 14.4 Å². The van der Waals surface area contributed by atoms with Gasteiger partial charge in [-0.15, -0.1) is 0 Å². The van der Waals surface area contributed by atoms with Gasteiger partial charge in [0, 0.05) is 25.3 Å². The van der Waals surface area contributed by atoms with Gasteiger partial charge in [0.25, 0.3) is 0 Å². The van der Waals surface area contributed by atoms with Gasteiger partial charge in [0.1, 0.15) is 0 Å². The molecule has 1 heterocycles. The van der Waals surface area contributed by atoms with Gasteiger partial charge >= 0.3 is 5.97 Å². The molecule has 0 radical (unpaired) electrons. The van der Waals surface area contributed by atoms with E-state index in [1.54, 1.807) is 11.8 Å². The Morgan fingerprint density at radius 1 is 1.42 bits per heavy atom. The largest absolute Gasteiger partial charge is 0.481 e. The Kier molecular flexibility index (Phi) is 5.65. The molecule has 0 aromatic rings. The lowest BCUT2D eigenvalue weighted by Gasteiger charge is -2.37. The highest BCUT2D eigenvalue weighted by atomic mass is 32.2. The second kappa shape index (κ2) is 6.79. The molecule has 3 N–H and O–H groups in total. The molecule has 1 rings (SSSR count). The minimum Gasteiger partial charge on any atom is -0.481 e. The van der Waals surface area contributed by atoms with E-state index in [1.165, 1.54) is 11.8 Å². The topological polar surface area (TPSA) is 101 Å². The first-order chi connectivity index (χ1) is 8.85. The summed E-state index contributed by atoms with van der Waals surface area (Å²) >= 11 is 1.32. The summed E-state index contributed by atoms with van der Waals surface area (Å²) in [6, 6.07) is 0. The van der Waals surface area contributed by atoms with Crippen LogP contribution < -0.4 is 5.73 Å². The summed E-state index contributed by atoms with van der Waals surface area (Å²) in [6.45, 7) is 2.56. The van der Waals surface area contributed by atoms with Gasteiger partial charge in [-0.25, -0.2) is 0 Å². The number of carboxylic acid groups (broad SMARTS) is 1. The maximum atomic E-state index is 12.0. The van der Waals surface area contributed by atoms with Gasteiger partial charge in [-0.1, -0.05) is 0 Å². The van der Waals surface area contributed by atoms with Crippen LogP contribution in [0, 0.1) is 5.41 Å². The van der Waals surface area contributed by atoms with Crippen molar-refractivity contribution in [2.45, 2.75) is 26.2 Å². The average molecular weight is 288 g/mol. The second-order valence-corrected chi connectivity index (χ2v) is 6.16. The number of nitrogens with two attached hydrogens (primary N) is 1. The molecule has 1 aliphatic rings. The summed E-state index contributed by atoms with van der Waals surface area (Å²) in [4.78, 5) is 35.3. The van der Waals surface area contributed by atoms with Gasteiger partial charge in [0.05, 0.1) is 11.2 Å². The van der Waals surface area contributed by atoms with Crippen molar-refractivity contribution in [3.8, 4) is 0 Å². The fraction of sp³-hybridized carbons (Fsp3) is 0.750. The molecular formula is C12H20N2O4S. The number of aliphatic carboxylic acids is 1. The van der Waals surface area contributed by atoms with Gasteiger partial charge in [-0.2, -0.15) is 11.8 Å². The monoisotopic (exact) mass is 288 g/mol. The van der Waals surface area contributed by atoms with Gasteiger partial charge in [-0.05, 0) is 19.8 Å². The first-order valence-electron chi connectivity index (χ1n) is 6.22. The Labute approximate surface area is 116 Å². The van der Waals surface area contributed by atoms with Crippen molar-refractivity contribution in [1.82, 2.24) is 4.90 Å². The molecule has 108 valence electrons. The van der Waals surface area contributed by atoms with Crippen molar-refractivity contribution in [3.05, 3.63) is 0 Å². The number of carboxylic acids is 1. The molecule has 19 heavy (non-hydrogen) atoms. The number of nitrogens with zero attached hydrogens (tertiary/aromatic N) is 1. The minimum absolute atomic E-state index is 0.0517. The van der Waals surface area contributed by atoms with Crippen molar-refractivity contribution in [2.75, 3.05) is 24.6 Å². The molecule has 0 bridgehead atoms. The third kappa shape index (κ3) is 4.74. The lowest BCUT2D eigenvalue weighted by atomic mass is 9.82. The number of thioether (sulfide) groups is 1. The number of hydrogen-bond acceptors (Lipinski definition) is 4. The number of piperidine rings is 1. The van der Waals surface area contributed by atoms with Crippen LogP contribution in [0.15, 0.2) is 0 Å². The quantitative estimate of drug-likeness (QED) is 0.685. The molecule has 0 aromatic carbocycles. The molecule has 1 unspecified atom stereocenters. The van der Waals surface area contributed by atoms with E-state index in [9.17, 15) is 19.5 Å². The lowest BCUT2D eigenvalue weighted by molar-refractivity contribution is -0.153. The summed E-state index contributed by atoms with van der Waals surface area (Å²) in [5.74, 6) is -0.562. The third-order valence-corrected chi connectivity index (χ3v) is 4.25. The molecule has 7 heteroatoms. The van der Waals surface area contributed by atoms with Crippen molar-refractivity contribution in [3.63, 3.8) is 0 Å². The van der Waals surface area contributed by atoms with Gasteiger partial charge in [-0.3, -0.25) is 14.4 Å². The standard InChI is InChI=1S/C12H20N2O4S/c1-12(11(17)18)4-2-5-14(8-12)10(16)3-6-19-7-9(13)15/h2-8H2,1H3,(H2,13,15)(H,17,18). The van der Waals surface area contributed by atoms with E-state index in [4.69, 9.17) is 5.73 Å². The van der Waals surface area contributed by atoms with Crippen LogP contribution in [0.3, 0.4) is 0 Å². The van der Waals surface area contributed by atoms with Gasteiger partial charge in [0.2, 0.25) is 11.8 Å². The van der Waals surface area contributed by atoms with E-state index in [2.05, 4.69) is 0 Å². The SMILES string of the molecule is CC1(C(=O)O)CCCN(C(=O)CCSCC(N)=O)C1. The van der Waals surface area contributed by atoms with E-state index < -0.39 is 17.3 Å². The normalized spacial score (nSPS) is 23.1. The molecule has 0 spiro atoms. The van der Waals surface area contributed by atoms with E-state index in [0.29, 0.717) is 31.6 Å². The first kappa shape index (κ1) is 15.8. The smallest absolute Gasteiger partial charge is 0.311 e. The molecular weight excluding hydrogens is 268 g/mol. The number of primary amides is 1. The zero-order valence-corrected chi connectivity index (χ0v) is 11.9. The molecule has 1 saturated heterocycles. The summed E-state index contributed by atoms with van der Waals surface area (Å²) in [7, 11) is 0. The van der Waals surface area contributed by atoms with Crippen LogP contribution >= 0.6 is 11.8 Å². The number of carbonyl (C=O) groups excluding carboxylic acids is 2. The van der Waals surface area contributed by atoms with Gasteiger partial charge < -0.3 is 15.7 Å². The number of hydrogen-bond donors (Lipinski definition) is 2. The number of likely N-dealkylation sites (tertiary alicyclic amines) is 1. The predicted molar refractivity (Wildman–Crippen MR) is 72.7 cm³/mol. The Morgan fingerprint density at radius 3 is 2.68 bits per heavy atom. The summed E-state index contributed by atoms with van der Waals surface area (Å²) in [5, 5.41) is 9.18. The van der Waals surface area contributed by atoms with Crippen LogP contribution in [0.2, 0.25) is 0 Å². The molecule has 1 fully saturated rings. The molecule has 1 aliphatic heterocycles. The highest BCUT2D eigenvalue weighted by Crippen LogP contribution is 2.30. The van der Waals surface area contributed by atoms with Crippen molar-refractivity contribution in [2.24, 2.45) is 11.1 Å². The maximum absolute atomic E-state index is 12.0. The Bertz CT molecular complexity index is 375. The van der Waals surface area contributed by atoms with E-state index >= 15 is 0 Å². The van der Waals surface area contributed by atoms with Gasteiger partial charge in [0.15, 0.2) is 0 Å². The molecule has 6 nitrogen and oxygen atoms in total. The maximum Gasteiger partial charge on any atom is 0.311 e. The average Bonchev–Trinajstić information content (AvgIpc) is 2.34. The fourth-order valence-corrected chi connectivity index (χ4v) is 2.78. The molecule has 0 aromatic heterocycles. The van der Waals surface area contributed by atoms with Crippen LogP contribution in [0.25, 0.3) is 0 Å². The Balaban J connectivity index is 2.40. The summed E-state index contributed by atoms with van der Waals surface area (Å²) in [5.41, 5.74) is 4.16. The zero-order chi connectivity index (χ0) is 14.5. The molecule has 1 atom stereocenters. The molecule has 2 amide bonds. The number of rotatable bonds is 6. The molecule has 0 aliphatic carbocycles. The predicted octanol–water partition coefficient (Wildman–Crippen LogP) is 0.308. The second-order valence-electron chi connectivity index (χ2n) is 5.05. The van der Waals surface area contributed by atoms with E-state index in [1.807, 2.05) is 0 Å². The lowest BCUT2D eigenvalue weighted by Crippen LogP contribution is -2.48. The Morgan fingerprint density at radius 2 is 2.11 bits per heavy atom. The van der Waals surface area contributed by atoms with Crippen LogP contribution in [0.4, 0.5) is 0 Å². The summed E-state index contributed by atoms with van der Waals surface area (Å²) in [6.07, 6.45) is 1.62. The number of amides is 2. The van der Waals surface area contributed by atoms with E-state index in [-0.39, 0.29) is 18.2 Å². The highest BCUT2D eigenvalue weighted by molar-refractivity contribution is 7.99. The van der Waals surface area contributed by atoms with Crippen molar-refractivity contribution < 1.29 is 19.5 Å².